The van der Waals surface area contributed by atoms with E-state index in [2.05, 4.69) is 173 Å². The van der Waals surface area contributed by atoms with Crippen LogP contribution in [0.1, 0.15) is 0 Å². The van der Waals surface area contributed by atoms with Crippen molar-refractivity contribution in [2.24, 2.45) is 0 Å². The summed E-state index contributed by atoms with van der Waals surface area (Å²) in [6, 6.07) is 57.1. The number of allylic oxidation sites excluding steroid dienone is 4. The average Bonchev–Trinajstić information content (AvgIpc) is 3.70. The number of para-hydroxylation sites is 4. The Labute approximate surface area is 288 Å². The lowest BCUT2D eigenvalue weighted by molar-refractivity contribution is 1.18. The lowest BCUT2D eigenvalue weighted by atomic mass is 10.2. The van der Waals surface area contributed by atoms with Gasteiger partial charge in [-0.05, 0) is 71.3 Å². The molecular formula is C44H26N5P. The molecule has 0 bridgehead atoms. The first-order valence-electron chi connectivity index (χ1n) is 16.3. The maximum atomic E-state index is 10.7. The summed E-state index contributed by atoms with van der Waals surface area (Å²) in [5.74, 6) is 0. The van der Waals surface area contributed by atoms with E-state index in [1.54, 1.807) is 12.2 Å². The molecule has 0 spiro atoms. The second kappa shape index (κ2) is 11.4. The van der Waals surface area contributed by atoms with Crippen LogP contribution in [-0.2, 0) is 0 Å². The molecule has 0 radical (unpaired) electrons. The Morgan fingerprint density at radius 1 is 0.400 bits per heavy atom. The van der Waals surface area contributed by atoms with Crippen molar-refractivity contribution in [3.63, 3.8) is 0 Å². The third kappa shape index (κ3) is 4.11. The van der Waals surface area contributed by atoms with Gasteiger partial charge in [-0.15, -0.1) is 0 Å². The number of hydrogen-bond acceptors (Lipinski definition) is 3. The van der Waals surface area contributed by atoms with Gasteiger partial charge >= 0.3 is 0 Å². The minimum absolute atomic E-state index is 0.303. The second-order valence-corrected chi connectivity index (χ2v) is 15.6. The first kappa shape index (κ1) is 29.3. The van der Waals surface area contributed by atoms with E-state index in [0.29, 0.717) is 16.2 Å². The third-order valence-electron chi connectivity index (χ3n) is 9.82. The van der Waals surface area contributed by atoms with Crippen molar-refractivity contribution in [1.29, 1.82) is 15.8 Å². The number of rotatable bonds is 4. The molecule has 1 aliphatic heterocycles. The van der Waals surface area contributed by atoms with E-state index in [9.17, 15) is 15.8 Å². The Morgan fingerprint density at radius 2 is 0.780 bits per heavy atom. The summed E-state index contributed by atoms with van der Waals surface area (Å²) in [6.45, 7) is -2.94. The quantitative estimate of drug-likeness (QED) is 0.177. The van der Waals surface area contributed by atoms with Gasteiger partial charge in [0, 0.05) is 39.8 Å². The molecule has 0 saturated heterocycles. The number of hydrogen-bond donors (Lipinski definition) is 0. The molecule has 0 unspecified atom stereocenters. The van der Waals surface area contributed by atoms with Gasteiger partial charge in [0.2, 0.25) is 0 Å². The Hall–Kier alpha value is -6.83. The standard InChI is InChI=1S/C44H26N5P/c45-27-30-25-35(28-46)50(36(26-30)29-47,33-21-17-31(18-22-33)48-41-13-5-1-9-37(41)38-10-2-6-14-42(38)48)34-23-19-32(20-24-34)49-43-15-7-3-11-39(43)40-12-4-8-16-44(40)49/h1-26H. The van der Waals surface area contributed by atoms with Crippen LogP contribution in [0, 0.1) is 34.0 Å². The average molecular weight is 656 g/mol. The smallest absolute Gasteiger partial charge is 0.100 e. The number of benzene rings is 6. The van der Waals surface area contributed by atoms with Crippen molar-refractivity contribution in [2.45, 2.75) is 0 Å². The molecule has 2 aromatic heterocycles. The molecule has 0 aliphatic carbocycles. The molecule has 1 aliphatic rings. The minimum Gasteiger partial charge on any atom is -0.309 e. The lowest BCUT2D eigenvalue weighted by Gasteiger charge is -2.31. The number of fused-ring (bicyclic) bond motifs is 6. The minimum atomic E-state index is -2.94. The molecule has 6 heteroatoms. The van der Waals surface area contributed by atoms with Gasteiger partial charge < -0.3 is 9.13 Å². The third-order valence-corrected chi connectivity index (χ3v) is 13.9. The molecule has 0 atom stereocenters. The van der Waals surface area contributed by atoms with E-state index >= 15 is 0 Å². The topological polar surface area (TPSA) is 81.2 Å². The molecule has 0 amide bonds. The highest BCUT2D eigenvalue weighted by Gasteiger charge is 2.34. The summed E-state index contributed by atoms with van der Waals surface area (Å²) >= 11 is 0. The van der Waals surface area contributed by atoms with Crippen molar-refractivity contribution >= 4 is 66.4 Å². The van der Waals surface area contributed by atoms with Gasteiger partial charge in [-0.2, -0.15) is 15.8 Å². The number of aromatic nitrogens is 2. The highest BCUT2D eigenvalue weighted by Crippen LogP contribution is 2.57. The zero-order valence-electron chi connectivity index (χ0n) is 26.7. The predicted molar refractivity (Wildman–Crippen MR) is 206 cm³/mol. The van der Waals surface area contributed by atoms with Crippen LogP contribution >= 0.6 is 6.89 Å². The van der Waals surface area contributed by atoms with Gasteiger partial charge in [0.25, 0.3) is 0 Å². The molecule has 3 heterocycles. The monoisotopic (exact) mass is 655 g/mol. The maximum Gasteiger partial charge on any atom is 0.100 e. The molecule has 232 valence electrons. The van der Waals surface area contributed by atoms with E-state index in [1.165, 1.54) is 21.5 Å². The normalized spacial score (nSPS) is 13.9. The van der Waals surface area contributed by atoms with Crippen LogP contribution in [0.2, 0.25) is 0 Å². The van der Waals surface area contributed by atoms with Crippen LogP contribution in [0.4, 0.5) is 0 Å². The fourth-order valence-electron chi connectivity index (χ4n) is 7.70. The lowest BCUT2D eigenvalue weighted by Crippen LogP contribution is -2.24. The summed E-state index contributed by atoms with van der Waals surface area (Å²) in [5, 5.41) is 38.6. The zero-order chi connectivity index (χ0) is 33.8. The molecule has 5 nitrogen and oxygen atoms in total. The molecule has 50 heavy (non-hydrogen) atoms. The van der Waals surface area contributed by atoms with Gasteiger partial charge in [0.05, 0.1) is 44.3 Å². The largest absolute Gasteiger partial charge is 0.309 e. The summed E-state index contributed by atoms with van der Waals surface area (Å²) in [7, 11) is 0. The summed E-state index contributed by atoms with van der Waals surface area (Å²) in [6.07, 6.45) is 3.33. The van der Waals surface area contributed by atoms with Gasteiger partial charge in [-0.3, -0.25) is 0 Å². The SMILES string of the molecule is N#CC1=CC(C#N)=P(c2ccc(-n3c4ccccc4c4ccccc43)cc2)(c2ccc(-n3c4ccccc4c4ccccc43)cc2)C(C#N)=C1. The zero-order valence-corrected chi connectivity index (χ0v) is 27.6. The Morgan fingerprint density at radius 3 is 1.12 bits per heavy atom. The van der Waals surface area contributed by atoms with Crippen LogP contribution in [0.3, 0.4) is 0 Å². The molecule has 0 N–H and O–H groups in total. The fraction of sp³-hybridized carbons (Fsp3) is 0. The van der Waals surface area contributed by atoms with Crippen molar-refractivity contribution < 1.29 is 0 Å². The fourth-order valence-corrected chi connectivity index (χ4v) is 11.5. The summed E-state index contributed by atoms with van der Waals surface area (Å²) in [5.41, 5.74) is 6.69. The molecule has 0 saturated carbocycles. The van der Waals surface area contributed by atoms with Crippen LogP contribution in [-0.4, -0.2) is 14.4 Å². The van der Waals surface area contributed by atoms with Crippen molar-refractivity contribution in [3.05, 3.63) is 169 Å². The van der Waals surface area contributed by atoms with E-state index in [0.717, 1.165) is 44.1 Å². The van der Waals surface area contributed by atoms with Crippen LogP contribution in [0.5, 0.6) is 0 Å². The first-order valence-corrected chi connectivity index (χ1v) is 18.1. The van der Waals surface area contributed by atoms with Gasteiger partial charge in [-0.25, -0.2) is 0 Å². The maximum absolute atomic E-state index is 10.7. The molecular weight excluding hydrogens is 629 g/mol. The number of nitriles is 3. The molecule has 8 aromatic rings. The highest BCUT2D eigenvalue weighted by molar-refractivity contribution is 7.93. The van der Waals surface area contributed by atoms with Gasteiger partial charge in [0.1, 0.15) is 12.1 Å². The van der Waals surface area contributed by atoms with E-state index < -0.39 is 6.89 Å². The Balaban J connectivity index is 1.26. The van der Waals surface area contributed by atoms with Crippen LogP contribution in [0.25, 0.3) is 55.0 Å². The molecule has 0 fully saturated rings. The van der Waals surface area contributed by atoms with Crippen LogP contribution in [0.15, 0.2) is 169 Å². The van der Waals surface area contributed by atoms with Crippen LogP contribution < -0.4 is 10.6 Å². The van der Waals surface area contributed by atoms with Crippen molar-refractivity contribution in [1.82, 2.24) is 9.13 Å². The van der Waals surface area contributed by atoms with Crippen molar-refractivity contribution in [2.75, 3.05) is 0 Å². The summed E-state index contributed by atoms with van der Waals surface area (Å²) < 4.78 is 4.51. The first-order chi connectivity index (χ1) is 24.7. The predicted octanol–water partition coefficient (Wildman–Crippen LogP) is 9.42. The van der Waals surface area contributed by atoms with E-state index in [4.69, 9.17) is 0 Å². The molecule has 9 rings (SSSR count). The highest BCUT2D eigenvalue weighted by atomic mass is 31.2. The van der Waals surface area contributed by atoms with Gasteiger partial charge in [0.15, 0.2) is 0 Å². The second-order valence-electron chi connectivity index (χ2n) is 12.3. The van der Waals surface area contributed by atoms with E-state index in [1.807, 2.05) is 0 Å². The Bertz CT molecular complexity index is 2680. The van der Waals surface area contributed by atoms with E-state index in [-0.39, 0.29) is 0 Å². The number of nitrogens with zero attached hydrogens (tertiary/aromatic N) is 5. The molecule has 6 aromatic carbocycles. The Kier molecular flexibility index (Phi) is 6.69. The van der Waals surface area contributed by atoms with Gasteiger partial charge in [-0.1, -0.05) is 97.1 Å². The summed E-state index contributed by atoms with van der Waals surface area (Å²) in [4.78, 5) is 0. The van der Waals surface area contributed by atoms with Crippen molar-refractivity contribution in [3.8, 4) is 29.6 Å².